The Hall–Kier alpha value is -0.740. The van der Waals surface area contributed by atoms with Crippen molar-refractivity contribution in [1.82, 2.24) is 0 Å². The number of halogens is 1. The lowest BCUT2D eigenvalue weighted by Gasteiger charge is -2.15. The number of benzene rings is 1. The van der Waals surface area contributed by atoms with Crippen LogP contribution in [-0.2, 0) is 10.1 Å². The number of hydrogen-bond donors (Lipinski definition) is 0. The summed E-state index contributed by atoms with van der Waals surface area (Å²) in [6.07, 6.45) is 1.13. The summed E-state index contributed by atoms with van der Waals surface area (Å²) in [7, 11) is 1.66. The predicted molar refractivity (Wildman–Crippen MR) is 65.5 cm³/mol. The van der Waals surface area contributed by atoms with E-state index in [1.807, 2.05) is 18.2 Å². The van der Waals surface area contributed by atoms with Crippen molar-refractivity contribution in [3.05, 3.63) is 23.8 Å². The molecule has 1 aromatic carbocycles. The highest BCUT2D eigenvalue weighted by Gasteiger charge is 2.18. The van der Waals surface area contributed by atoms with Crippen LogP contribution in [-0.4, -0.2) is 26.4 Å². The third-order valence-electron chi connectivity index (χ3n) is 2.60. The third kappa shape index (κ3) is 2.68. The zero-order valence-corrected chi connectivity index (χ0v) is 10.8. The first-order chi connectivity index (χ1) is 7.83. The van der Waals surface area contributed by atoms with Gasteiger partial charge in [0.1, 0.15) is 17.6 Å². The number of ether oxygens (including phenoxy) is 3. The molecule has 1 aliphatic heterocycles. The monoisotopic (exact) mass is 286 g/mol. The molecule has 1 unspecified atom stereocenters. The molecule has 0 aromatic heterocycles. The molecule has 0 aliphatic carbocycles. The Labute approximate surface area is 104 Å². The molecule has 1 aliphatic rings. The van der Waals surface area contributed by atoms with Gasteiger partial charge < -0.3 is 14.2 Å². The van der Waals surface area contributed by atoms with Crippen molar-refractivity contribution in [2.75, 3.05) is 20.3 Å². The van der Waals surface area contributed by atoms with Gasteiger partial charge in [-0.3, -0.25) is 0 Å². The molecule has 1 atom stereocenters. The molecular weight excluding hydrogens is 272 g/mol. The smallest absolute Gasteiger partial charge is 0.127 e. The summed E-state index contributed by atoms with van der Waals surface area (Å²) >= 11 is 3.45. The number of methoxy groups -OCH3 is 1. The number of alkyl halides is 1. The fraction of sp³-hybridized carbons (Fsp3) is 0.500. The van der Waals surface area contributed by atoms with Crippen LogP contribution in [0.3, 0.4) is 0 Å². The molecule has 0 radical (unpaired) electrons. The molecule has 0 amide bonds. The largest absolute Gasteiger partial charge is 0.497 e. The summed E-state index contributed by atoms with van der Waals surface area (Å²) in [4.78, 5) is 0. The van der Waals surface area contributed by atoms with Crippen molar-refractivity contribution in [1.29, 1.82) is 0 Å². The molecule has 0 N–H and O–H groups in total. The molecule has 0 bridgehead atoms. The zero-order valence-electron chi connectivity index (χ0n) is 9.24. The first-order valence-electron chi connectivity index (χ1n) is 5.30. The van der Waals surface area contributed by atoms with Crippen molar-refractivity contribution in [2.24, 2.45) is 0 Å². The van der Waals surface area contributed by atoms with E-state index in [2.05, 4.69) is 15.9 Å². The van der Waals surface area contributed by atoms with E-state index in [-0.39, 0.29) is 6.10 Å². The van der Waals surface area contributed by atoms with Crippen molar-refractivity contribution in [3.63, 3.8) is 0 Å². The van der Waals surface area contributed by atoms with Gasteiger partial charge in [-0.2, -0.15) is 0 Å². The molecule has 2 rings (SSSR count). The molecule has 1 saturated heterocycles. The second-order valence-electron chi connectivity index (χ2n) is 3.71. The molecule has 3 nitrogen and oxygen atoms in total. The van der Waals surface area contributed by atoms with E-state index in [1.165, 1.54) is 0 Å². The van der Waals surface area contributed by atoms with Crippen LogP contribution in [0.5, 0.6) is 11.5 Å². The Morgan fingerprint density at radius 3 is 3.00 bits per heavy atom. The van der Waals surface area contributed by atoms with Crippen LogP contribution in [0.2, 0.25) is 0 Å². The van der Waals surface area contributed by atoms with Gasteiger partial charge in [0, 0.05) is 23.4 Å². The van der Waals surface area contributed by atoms with Crippen LogP contribution in [0.25, 0.3) is 0 Å². The van der Waals surface area contributed by atoms with Crippen LogP contribution in [0.4, 0.5) is 0 Å². The van der Waals surface area contributed by atoms with Gasteiger partial charge >= 0.3 is 0 Å². The van der Waals surface area contributed by atoms with Crippen LogP contribution in [0.1, 0.15) is 12.0 Å². The SMILES string of the molecule is COc1ccc(CBr)c(OC2CCOC2)c1. The Morgan fingerprint density at radius 2 is 2.38 bits per heavy atom. The Morgan fingerprint density at radius 1 is 1.50 bits per heavy atom. The van der Waals surface area contributed by atoms with E-state index >= 15 is 0 Å². The first-order valence-corrected chi connectivity index (χ1v) is 6.43. The Bertz CT molecular complexity index is 348. The summed E-state index contributed by atoms with van der Waals surface area (Å²) in [5, 5.41) is 0.778. The summed E-state index contributed by atoms with van der Waals surface area (Å²) < 4.78 is 16.4. The molecule has 1 aromatic rings. The van der Waals surface area contributed by atoms with Gasteiger partial charge in [0.25, 0.3) is 0 Å². The second-order valence-corrected chi connectivity index (χ2v) is 4.27. The quantitative estimate of drug-likeness (QED) is 0.797. The van der Waals surface area contributed by atoms with Crippen molar-refractivity contribution in [3.8, 4) is 11.5 Å². The number of rotatable bonds is 4. The predicted octanol–water partition coefficient (Wildman–Crippen LogP) is 2.76. The van der Waals surface area contributed by atoms with Crippen LogP contribution >= 0.6 is 15.9 Å². The molecule has 1 fully saturated rings. The normalized spacial score (nSPS) is 19.8. The average molecular weight is 287 g/mol. The molecule has 4 heteroatoms. The number of hydrogen-bond acceptors (Lipinski definition) is 3. The first kappa shape index (κ1) is 11.7. The standard InChI is InChI=1S/C12H15BrO3/c1-14-10-3-2-9(7-13)12(6-10)16-11-4-5-15-8-11/h2-3,6,11H,4-5,7-8H2,1H3. The maximum atomic E-state index is 5.90. The van der Waals surface area contributed by atoms with E-state index in [0.29, 0.717) is 6.61 Å². The van der Waals surface area contributed by atoms with Gasteiger partial charge in [0.2, 0.25) is 0 Å². The maximum Gasteiger partial charge on any atom is 0.127 e. The van der Waals surface area contributed by atoms with Crippen molar-refractivity contribution < 1.29 is 14.2 Å². The van der Waals surface area contributed by atoms with E-state index in [1.54, 1.807) is 7.11 Å². The fourth-order valence-corrected chi connectivity index (χ4v) is 2.13. The second kappa shape index (κ2) is 5.55. The highest BCUT2D eigenvalue weighted by atomic mass is 79.9. The lowest BCUT2D eigenvalue weighted by Crippen LogP contribution is -2.16. The molecule has 0 spiro atoms. The summed E-state index contributed by atoms with van der Waals surface area (Å²) in [6.45, 7) is 1.47. The topological polar surface area (TPSA) is 27.7 Å². The van der Waals surface area contributed by atoms with E-state index in [4.69, 9.17) is 14.2 Å². The fourth-order valence-electron chi connectivity index (χ4n) is 1.67. The Balaban J connectivity index is 2.15. The van der Waals surface area contributed by atoms with Gasteiger partial charge in [0.15, 0.2) is 0 Å². The van der Waals surface area contributed by atoms with Gasteiger partial charge in [0.05, 0.1) is 20.3 Å². The molecule has 16 heavy (non-hydrogen) atoms. The lowest BCUT2D eigenvalue weighted by molar-refractivity contribution is 0.140. The van der Waals surface area contributed by atoms with Gasteiger partial charge in [-0.25, -0.2) is 0 Å². The minimum absolute atomic E-state index is 0.171. The Kier molecular flexibility index (Phi) is 4.07. The van der Waals surface area contributed by atoms with Crippen molar-refractivity contribution >= 4 is 15.9 Å². The van der Waals surface area contributed by atoms with E-state index in [0.717, 1.165) is 35.4 Å². The van der Waals surface area contributed by atoms with Crippen LogP contribution in [0, 0.1) is 0 Å². The highest BCUT2D eigenvalue weighted by Crippen LogP contribution is 2.28. The summed E-state index contributed by atoms with van der Waals surface area (Å²) in [5.74, 6) is 1.70. The van der Waals surface area contributed by atoms with Gasteiger partial charge in [-0.05, 0) is 6.07 Å². The summed E-state index contributed by atoms with van der Waals surface area (Å²) in [5.41, 5.74) is 1.13. The van der Waals surface area contributed by atoms with Gasteiger partial charge in [-0.1, -0.05) is 22.0 Å². The van der Waals surface area contributed by atoms with Crippen LogP contribution < -0.4 is 9.47 Å². The average Bonchev–Trinajstić information content (AvgIpc) is 2.82. The van der Waals surface area contributed by atoms with Crippen LogP contribution in [0.15, 0.2) is 18.2 Å². The van der Waals surface area contributed by atoms with Crippen molar-refractivity contribution in [2.45, 2.75) is 17.9 Å². The van der Waals surface area contributed by atoms with E-state index in [9.17, 15) is 0 Å². The zero-order chi connectivity index (χ0) is 11.4. The summed E-state index contributed by atoms with van der Waals surface area (Å²) in [6, 6.07) is 5.88. The molecule has 88 valence electrons. The van der Waals surface area contributed by atoms with E-state index < -0.39 is 0 Å². The molecule has 1 heterocycles. The molecular formula is C12H15BrO3. The third-order valence-corrected chi connectivity index (χ3v) is 3.20. The molecule has 0 saturated carbocycles. The minimum Gasteiger partial charge on any atom is -0.497 e. The maximum absolute atomic E-state index is 5.90. The lowest BCUT2D eigenvalue weighted by atomic mass is 10.2. The highest BCUT2D eigenvalue weighted by molar-refractivity contribution is 9.08. The minimum atomic E-state index is 0.171. The van der Waals surface area contributed by atoms with Gasteiger partial charge in [-0.15, -0.1) is 0 Å².